The van der Waals surface area contributed by atoms with E-state index in [-0.39, 0.29) is 17.7 Å². The van der Waals surface area contributed by atoms with Gasteiger partial charge in [-0.15, -0.1) is 0 Å². The van der Waals surface area contributed by atoms with Crippen LogP contribution in [0.25, 0.3) is 0 Å². The Morgan fingerprint density at radius 1 is 1.58 bits per heavy atom. The lowest BCUT2D eigenvalue weighted by molar-refractivity contribution is 0.0689. The Morgan fingerprint density at radius 3 is 2.95 bits per heavy atom. The summed E-state index contributed by atoms with van der Waals surface area (Å²) < 4.78 is 0. The van der Waals surface area contributed by atoms with E-state index in [1.165, 1.54) is 6.07 Å². The van der Waals surface area contributed by atoms with Gasteiger partial charge in [0, 0.05) is 24.2 Å². The average Bonchev–Trinajstić information content (AvgIpc) is 2.89. The average molecular weight is 283 g/mol. The normalized spacial score (nSPS) is 18.5. The van der Waals surface area contributed by atoms with E-state index in [4.69, 9.17) is 11.6 Å². The Morgan fingerprint density at radius 2 is 2.37 bits per heavy atom. The molecule has 2 N–H and O–H groups in total. The van der Waals surface area contributed by atoms with Gasteiger partial charge in [0.2, 0.25) is 0 Å². The zero-order valence-corrected chi connectivity index (χ0v) is 11.8. The van der Waals surface area contributed by atoms with Crippen molar-refractivity contribution in [2.45, 2.75) is 25.8 Å². The molecule has 5 heteroatoms. The van der Waals surface area contributed by atoms with Gasteiger partial charge in [-0.1, -0.05) is 18.5 Å². The third-order valence-corrected chi connectivity index (χ3v) is 3.63. The van der Waals surface area contributed by atoms with E-state index in [9.17, 15) is 9.90 Å². The molecular formula is C14H19ClN2O2. The second-order valence-electron chi connectivity index (χ2n) is 4.81. The highest BCUT2D eigenvalue weighted by Gasteiger charge is 2.27. The van der Waals surface area contributed by atoms with Crippen molar-refractivity contribution >= 4 is 17.5 Å². The lowest BCUT2D eigenvalue weighted by atomic mass is 10.1. The summed E-state index contributed by atoms with van der Waals surface area (Å²) in [5.41, 5.74) is 0.324. The van der Waals surface area contributed by atoms with Crippen molar-refractivity contribution < 1.29 is 9.90 Å². The molecule has 2 rings (SSSR count). The van der Waals surface area contributed by atoms with Crippen LogP contribution in [0.1, 0.15) is 30.1 Å². The molecule has 1 saturated heterocycles. The molecular weight excluding hydrogens is 264 g/mol. The molecule has 1 heterocycles. The van der Waals surface area contributed by atoms with Crippen LogP contribution in [0.2, 0.25) is 5.02 Å². The van der Waals surface area contributed by atoms with Crippen LogP contribution in [0.4, 0.5) is 0 Å². The Hall–Kier alpha value is -1.26. The fourth-order valence-electron chi connectivity index (χ4n) is 2.44. The molecule has 1 atom stereocenters. The summed E-state index contributed by atoms with van der Waals surface area (Å²) in [6.07, 6.45) is 1.86. The number of rotatable bonds is 4. The second kappa shape index (κ2) is 6.26. The van der Waals surface area contributed by atoms with Crippen LogP contribution >= 0.6 is 11.6 Å². The van der Waals surface area contributed by atoms with Crippen LogP contribution < -0.4 is 5.32 Å². The smallest absolute Gasteiger partial charge is 0.257 e. The van der Waals surface area contributed by atoms with Crippen molar-refractivity contribution in [2.24, 2.45) is 0 Å². The molecule has 1 aliphatic heterocycles. The van der Waals surface area contributed by atoms with Crippen molar-refractivity contribution in [3.8, 4) is 5.75 Å². The molecule has 0 saturated carbocycles. The minimum atomic E-state index is -0.121. The number of benzene rings is 1. The van der Waals surface area contributed by atoms with Crippen LogP contribution in [-0.2, 0) is 0 Å². The van der Waals surface area contributed by atoms with Crippen molar-refractivity contribution in [3.63, 3.8) is 0 Å². The molecule has 19 heavy (non-hydrogen) atoms. The number of nitrogens with zero attached hydrogens (tertiary/aromatic N) is 1. The minimum Gasteiger partial charge on any atom is -0.507 e. The van der Waals surface area contributed by atoms with Crippen molar-refractivity contribution in [3.05, 3.63) is 28.8 Å². The first-order chi connectivity index (χ1) is 9.13. The van der Waals surface area contributed by atoms with E-state index < -0.39 is 0 Å². The first-order valence-electron chi connectivity index (χ1n) is 6.63. The Labute approximate surface area is 118 Å². The highest BCUT2D eigenvalue weighted by molar-refractivity contribution is 6.30. The summed E-state index contributed by atoms with van der Waals surface area (Å²) in [4.78, 5) is 14.4. The topological polar surface area (TPSA) is 52.6 Å². The first kappa shape index (κ1) is 14.2. The maximum atomic E-state index is 12.5. The third kappa shape index (κ3) is 3.19. The van der Waals surface area contributed by atoms with Gasteiger partial charge in [-0.25, -0.2) is 0 Å². The van der Waals surface area contributed by atoms with Crippen LogP contribution in [0.15, 0.2) is 18.2 Å². The minimum absolute atomic E-state index is 0.0513. The van der Waals surface area contributed by atoms with Gasteiger partial charge in [-0.2, -0.15) is 0 Å². The predicted octanol–water partition coefficient (Wildman–Crippen LogP) is 2.26. The van der Waals surface area contributed by atoms with Gasteiger partial charge >= 0.3 is 0 Å². The fraction of sp³-hybridized carbons (Fsp3) is 0.500. The van der Waals surface area contributed by atoms with E-state index in [0.29, 0.717) is 17.1 Å². The third-order valence-electron chi connectivity index (χ3n) is 3.39. The molecule has 1 aromatic carbocycles. The van der Waals surface area contributed by atoms with Crippen LogP contribution in [0.3, 0.4) is 0 Å². The molecule has 1 amide bonds. The van der Waals surface area contributed by atoms with E-state index in [1.807, 2.05) is 11.8 Å². The number of aromatic hydroxyl groups is 1. The summed E-state index contributed by atoms with van der Waals surface area (Å²) in [7, 11) is 0. The molecule has 1 aromatic rings. The lowest BCUT2D eigenvalue weighted by Crippen LogP contribution is -2.42. The van der Waals surface area contributed by atoms with Gasteiger partial charge < -0.3 is 15.3 Å². The number of amides is 1. The first-order valence-corrected chi connectivity index (χ1v) is 7.01. The Balaban J connectivity index is 2.22. The summed E-state index contributed by atoms with van der Waals surface area (Å²) in [6, 6.07) is 4.84. The SMILES string of the molecule is CCCN(C(=O)c1ccc(Cl)cc1O)C1CCNC1. The summed E-state index contributed by atoms with van der Waals surface area (Å²) in [5.74, 6) is -0.172. The van der Waals surface area contributed by atoms with Gasteiger partial charge in [0.25, 0.3) is 5.91 Å². The largest absolute Gasteiger partial charge is 0.507 e. The molecule has 0 bridgehead atoms. The van der Waals surface area contributed by atoms with Crippen molar-refractivity contribution in [1.82, 2.24) is 10.2 Å². The highest BCUT2D eigenvalue weighted by Crippen LogP contribution is 2.24. The van der Waals surface area contributed by atoms with Crippen molar-refractivity contribution in [2.75, 3.05) is 19.6 Å². The quantitative estimate of drug-likeness (QED) is 0.891. The van der Waals surface area contributed by atoms with E-state index >= 15 is 0 Å². The number of carbonyl (C=O) groups is 1. The van der Waals surface area contributed by atoms with Crippen LogP contribution in [0, 0.1) is 0 Å². The zero-order valence-electron chi connectivity index (χ0n) is 11.0. The summed E-state index contributed by atoms with van der Waals surface area (Å²) in [5, 5.41) is 13.6. The summed E-state index contributed by atoms with van der Waals surface area (Å²) in [6.45, 7) is 4.50. The second-order valence-corrected chi connectivity index (χ2v) is 5.24. The van der Waals surface area contributed by atoms with Gasteiger partial charge in [0.05, 0.1) is 5.56 Å². The molecule has 1 fully saturated rings. The molecule has 0 radical (unpaired) electrons. The van der Waals surface area contributed by atoms with E-state index in [0.717, 1.165) is 25.9 Å². The predicted molar refractivity (Wildman–Crippen MR) is 75.7 cm³/mol. The molecule has 0 aliphatic carbocycles. The number of hydrogen-bond donors (Lipinski definition) is 2. The monoisotopic (exact) mass is 282 g/mol. The standard InChI is InChI=1S/C14H19ClN2O2/c1-2-7-17(11-5-6-16-9-11)14(19)12-4-3-10(15)8-13(12)18/h3-4,8,11,16,18H,2,5-7,9H2,1H3. The summed E-state index contributed by atoms with van der Waals surface area (Å²) >= 11 is 5.79. The molecule has 104 valence electrons. The molecule has 4 nitrogen and oxygen atoms in total. The number of hydrogen-bond acceptors (Lipinski definition) is 3. The number of phenols is 1. The van der Waals surface area contributed by atoms with E-state index in [1.54, 1.807) is 12.1 Å². The Kier molecular flexibility index (Phi) is 4.66. The lowest BCUT2D eigenvalue weighted by Gasteiger charge is -2.28. The molecule has 1 unspecified atom stereocenters. The molecule has 1 aliphatic rings. The van der Waals surface area contributed by atoms with Crippen LogP contribution in [-0.4, -0.2) is 41.6 Å². The van der Waals surface area contributed by atoms with E-state index in [2.05, 4.69) is 5.32 Å². The van der Waals surface area contributed by atoms with Crippen LogP contribution in [0.5, 0.6) is 5.75 Å². The zero-order chi connectivity index (χ0) is 13.8. The number of nitrogens with one attached hydrogen (secondary N) is 1. The number of carbonyl (C=O) groups excluding carboxylic acids is 1. The van der Waals surface area contributed by atoms with Gasteiger partial charge in [-0.05, 0) is 37.6 Å². The van der Waals surface area contributed by atoms with Gasteiger partial charge in [0.1, 0.15) is 5.75 Å². The molecule has 0 aromatic heterocycles. The maximum absolute atomic E-state index is 12.5. The Bertz CT molecular complexity index is 459. The van der Waals surface area contributed by atoms with Gasteiger partial charge in [0.15, 0.2) is 0 Å². The number of phenolic OH excluding ortho intramolecular Hbond substituents is 1. The van der Waals surface area contributed by atoms with Crippen molar-refractivity contribution in [1.29, 1.82) is 0 Å². The number of halogens is 1. The van der Waals surface area contributed by atoms with Gasteiger partial charge in [-0.3, -0.25) is 4.79 Å². The highest BCUT2D eigenvalue weighted by atomic mass is 35.5. The maximum Gasteiger partial charge on any atom is 0.257 e. The molecule has 0 spiro atoms. The fourth-order valence-corrected chi connectivity index (χ4v) is 2.60.